The van der Waals surface area contributed by atoms with Gasteiger partial charge in [-0.25, -0.2) is 0 Å². The summed E-state index contributed by atoms with van der Waals surface area (Å²) in [6.07, 6.45) is 0.769. The predicted molar refractivity (Wildman–Crippen MR) is 95.1 cm³/mol. The molecule has 0 fully saturated rings. The van der Waals surface area contributed by atoms with E-state index < -0.39 is 0 Å². The van der Waals surface area contributed by atoms with Crippen LogP contribution < -0.4 is 16.4 Å². The van der Waals surface area contributed by atoms with Gasteiger partial charge < -0.3 is 26.3 Å². The third-order valence-electron chi connectivity index (χ3n) is 2.68. The standard InChI is InChI=1S/C10H14N2O2.C5H11NO.C2H6/c1-11-6-10(14)12-9-4-2-8(7-13)3-5-9;1-4(2)5(6)3-7;1-2/h2-5,11,13H,6-7H2,1H3,(H,12,14);3-5H,6H2,1-2H3;1-2H3. The molecule has 5 N–H and O–H groups in total. The molecule has 1 rings (SSSR count). The SMILES string of the molecule is CC.CC(C)C(N)C=O.CNCC(=O)Nc1ccc(CO)cc1. The zero-order valence-electron chi connectivity index (χ0n) is 14.8. The van der Waals surface area contributed by atoms with E-state index in [1.165, 1.54) is 0 Å². The molecule has 6 heteroatoms. The van der Waals surface area contributed by atoms with Gasteiger partial charge in [-0.15, -0.1) is 0 Å². The number of aliphatic hydroxyl groups excluding tert-OH is 1. The second-order valence-corrected chi connectivity index (χ2v) is 4.89. The Morgan fingerprint density at radius 1 is 1.26 bits per heavy atom. The Hall–Kier alpha value is -1.76. The van der Waals surface area contributed by atoms with Crippen LogP contribution in [0.4, 0.5) is 5.69 Å². The highest BCUT2D eigenvalue weighted by Gasteiger charge is 2.02. The van der Waals surface area contributed by atoms with Crippen LogP contribution >= 0.6 is 0 Å². The first-order valence-corrected chi connectivity index (χ1v) is 7.79. The largest absolute Gasteiger partial charge is 0.392 e. The lowest BCUT2D eigenvalue weighted by Crippen LogP contribution is -2.27. The molecule has 0 spiro atoms. The summed E-state index contributed by atoms with van der Waals surface area (Å²) in [6.45, 7) is 8.14. The Bertz CT molecular complexity index is 420. The number of carbonyl (C=O) groups excluding carboxylic acids is 2. The lowest BCUT2D eigenvalue weighted by Gasteiger charge is -2.04. The molecule has 0 aliphatic heterocycles. The maximum absolute atomic E-state index is 11.1. The van der Waals surface area contributed by atoms with Crippen LogP contribution in [0.1, 0.15) is 33.3 Å². The van der Waals surface area contributed by atoms with Crippen molar-refractivity contribution in [3.05, 3.63) is 29.8 Å². The smallest absolute Gasteiger partial charge is 0.238 e. The van der Waals surface area contributed by atoms with Gasteiger partial charge in [-0.05, 0) is 30.7 Å². The fourth-order valence-electron chi connectivity index (χ4n) is 1.22. The summed E-state index contributed by atoms with van der Waals surface area (Å²) in [7, 11) is 1.72. The highest BCUT2D eigenvalue weighted by molar-refractivity contribution is 5.92. The van der Waals surface area contributed by atoms with Crippen LogP contribution in [-0.2, 0) is 16.2 Å². The quantitative estimate of drug-likeness (QED) is 0.594. The van der Waals surface area contributed by atoms with Crippen molar-refractivity contribution in [1.82, 2.24) is 5.32 Å². The maximum Gasteiger partial charge on any atom is 0.238 e. The van der Waals surface area contributed by atoms with Crippen molar-refractivity contribution in [2.75, 3.05) is 18.9 Å². The molecule has 1 aromatic carbocycles. The van der Waals surface area contributed by atoms with E-state index in [0.29, 0.717) is 6.54 Å². The lowest BCUT2D eigenvalue weighted by molar-refractivity contribution is -0.115. The number of nitrogens with two attached hydrogens (primary N) is 1. The molecule has 132 valence electrons. The van der Waals surface area contributed by atoms with Gasteiger partial charge in [0.05, 0.1) is 19.2 Å². The molecule has 1 atom stereocenters. The molecule has 0 saturated heterocycles. The van der Waals surface area contributed by atoms with Crippen molar-refractivity contribution in [2.24, 2.45) is 11.7 Å². The highest BCUT2D eigenvalue weighted by atomic mass is 16.3. The van der Waals surface area contributed by atoms with Crippen LogP contribution in [-0.4, -0.2) is 36.9 Å². The molecule has 0 aromatic heterocycles. The van der Waals surface area contributed by atoms with Crippen LogP contribution in [0.3, 0.4) is 0 Å². The van der Waals surface area contributed by atoms with Crippen molar-refractivity contribution in [3.8, 4) is 0 Å². The topological polar surface area (TPSA) is 104 Å². The number of hydrogen-bond donors (Lipinski definition) is 4. The molecule has 0 bridgehead atoms. The number of anilines is 1. The van der Waals surface area contributed by atoms with Crippen LogP contribution in [0.15, 0.2) is 24.3 Å². The number of aliphatic hydroxyl groups is 1. The highest BCUT2D eigenvalue weighted by Crippen LogP contribution is 2.08. The summed E-state index contributed by atoms with van der Waals surface area (Å²) < 4.78 is 0. The van der Waals surface area contributed by atoms with E-state index in [4.69, 9.17) is 10.8 Å². The molecule has 1 unspecified atom stereocenters. The van der Waals surface area contributed by atoms with Crippen molar-refractivity contribution >= 4 is 17.9 Å². The Labute approximate surface area is 139 Å². The summed E-state index contributed by atoms with van der Waals surface area (Å²) in [5.41, 5.74) is 6.82. The molecule has 23 heavy (non-hydrogen) atoms. The molecule has 0 aliphatic rings. The van der Waals surface area contributed by atoms with Crippen LogP contribution in [0.5, 0.6) is 0 Å². The van der Waals surface area contributed by atoms with E-state index >= 15 is 0 Å². The molecule has 6 nitrogen and oxygen atoms in total. The summed E-state index contributed by atoms with van der Waals surface area (Å²) in [5, 5.41) is 14.3. The number of likely N-dealkylation sites (N-methyl/N-ethyl adjacent to an activating group) is 1. The second kappa shape index (κ2) is 15.1. The van der Waals surface area contributed by atoms with E-state index in [2.05, 4.69) is 10.6 Å². The first kappa shape index (κ1) is 23.5. The Morgan fingerprint density at radius 2 is 1.78 bits per heavy atom. The lowest BCUT2D eigenvalue weighted by atomic mass is 10.1. The molecule has 0 heterocycles. The molecule has 0 saturated carbocycles. The number of nitrogens with one attached hydrogen (secondary N) is 2. The fourth-order valence-corrected chi connectivity index (χ4v) is 1.22. The van der Waals surface area contributed by atoms with Gasteiger partial charge in [-0.2, -0.15) is 0 Å². The Balaban J connectivity index is 0. The van der Waals surface area contributed by atoms with Gasteiger partial charge in [0.1, 0.15) is 6.29 Å². The summed E-state index contributed by atoms with van der Waals surface area (Å²) in [6, 6.07) is 6.79. The van der Waals surface area contributed by atoms with Gasteiger partial charge in [-0.3, -0.25) is 4.79 Å². The zero-order valence-corrected chi connectivity index (χ0v) is 14.8. The van der Waals surface area contributed by atoms with E-state index in [1.54, 1.807) is 31.3 Å². The monoisotopic (exact) mass is 325 g/mol. The average molecular weight is 325 g/mol. The van der Waals surface area contributed by atoms with Gasteiger partial charge in [0.2, 0.25) is 5.91 Å². The number of hydrogen-bond acceptors (Lipinski definition) is 5. The fraction of sp³-hybridized carbons (Fsp3) is 0.529. The molecule has 1 amide bonds. The average Bonchev–Trinajstić information content (AvgIpc) is 2.57. The molecular weight excluding hydrogens is 294 g/mol. The van der Waals surface area contributed by atoms with E-state index in [-0.39, 0.29) is 24.5 Å². The minimum atomic E-state index is -0.278. The van der Waals surface area contributed by atoms with Crippen molar-refractivity contribution in [2.45, 2.75) is 40.3 Å². The minimum Gasteiger partial charge on any atom is -0.392 e. The third-order valence-corrected chi connectivity index (χ3v) is 2.68. The van der Waals surface area contributed by atoms with Gasteiger partial charge in [-0.1, -0.05) is 39.8 Å². The molecule has 0 radical (unpaired) electrons. The number of rotatable bonds is 6. The molecule has 0 aliphatic carbocycles. The van der Waals surface area contributed by atoms with E-state index in [1.807, 2.05) is 27.7 Å². The van der Waals surface area contributed by atoms with E-state index in [9.17, 15) is 9.59 Å². The Kier molecular flexibility index (Phi) is 15.5. The molecular formula is C17H31N3O3. The van der Waals surface area contributed by atoms with Gasteiger partial charge in [0, 0.05) is 5.69 Å². The number of amides is 1. The van der Waals surface area contributed by atoms with Gasteiger partial charge in [0.25, 0.3) is 0 Å². The minimum absolute atomic E-state index is 0.0186. The molecule has 1 aromatic rings. The summed E-state index contributed by atoms with van der Waals surface area (Å²) in [4.78, 5) is 21.0. The van der Waals surface area contributed by atoms with Gasteiger partial charge in [0.15, 0.2) is 0 Å². The van der Waals surface area contributed by atoms with Crippen molar-refractivity contribution < 1.29 is 14.7 Å². The maximum atomic E-state index is 11.1. The van der Waals surface area contributed by atoms with Crippen molar-refractivity contribution in [1.29, 1.82) is 0 Å². The van der Waals surface area contributed by atoms with Crippen LogP contribution in [0.2, 0.25) is 0 Å². The van der Waals surface area contributed by atoms with Crippen LogP contribution in [0, 0.1) is 5.92 Å². The van der Waals surface area contributed by atoms with Crippen LogP contribution in [0.25, 0.3) is 0 Å². The summed E-state index contributed by atoms with van der Waals surface area (Å²) in [5.74, 6) is 0.196. The number of benzene rings is 1. The predicted octanol–water partition coefficient (Wildman–Crippen LogP) is 1.53. The second-order valence-electron chi connectivity index (χ2n) is 4.89. The third kappa shape index (κ3) is 12.5. The van der Waals surface area contributed by atoms with Gasteiger partial charge >= 0.3 is 0 Å². The number of carbonyl (C=O) groups is 2. The normalized spacial score (nSPS) is 10.6. The van der Waals surface area contributed by atoms with E-state index in [0.717, 1.165) is 17.5 Å². The summed E-state index contributed by atoms with van der Waals surface area (Å²) >= 11 is 0. The first-order valence-electron chi connectivity index (χ1n) is 7.79. The zero-order chi connectivity index (χ0) is 18.3. The van der Waals surface area contributed by atoms with Crippen molar-refractivity contribution in [3.63, 3.8) is 0 Å². The first-order chi connectivity index (χ1) is 10.9. The number of aldehydes is 1. The Morgan fingerprint density at radius 3 is 2.09 bits per heavy atom.